The molecule has 2 N–H and O–H groups in total. The van der Waals surface area contributed by atoms with Crippen molar-refractivity contribution >= 4 is 11.6 Å². The minimum atomic E-state index is -0.0000279. The summed E-state index contributed by atoms with van der Waals surface area (Å²) in [6, 6.07) is 6.07. The predicted molar refractivity (Wildman–Crippen MR) is 76.7 cm³/mol. The van der Waals surface area contributed by atoms with E-state index in [1.807, 2.05) is 12.1 Å². The molecule has 0 saturated carbocycles. The van der Waals surface area contributed by atoms with Crippen molar-refractivity contribution in [3.05, 3.63) is 23.8 Å². The van der Waals surface area contributed by atoms with Gasteiger partial charge in [-0.3, -0.25) is 4.79 Å². The smallest absolute Gasteiger partial charge is 0.230 e. The predicted octanol–water partition coefficient (Wildman–Crippen LogP) is 2.06. The third-order valence-corrected chi connectivity index (χ3v) is 3.82. The van der Waals surface area contributed by atoms with E-state index in [-0.39, 0.29) is 11.3 Å². The van der Waals surface area contributed by atoms with E-state index in [1.54, 1.807) is 11.9 Å². The molecule has 4 nitrogen and oxygen atoms in total. The summed E-state index contributed by atoms with van der Waals surface area (Å²) < 4.78 is 5.63. The fourth-order valence-electron chi connectivity index (χ4n) is 2.38. The van der Waals surface area contributed by atoms with Crippen LogP contribution in [0.1, 0.15) is 32.3 Å². The van der Waals surface area contributed by atoms with Crippen LogP contribution in [0.3, 0.4) is 0 Å². The van der Waals surface area contributed by atoms with Crippen molar-refractivity contribution in [3.8, 4) is 5.75 Å². The number of carbonyl (C=O) groups excluding carboxylic acids is 1. The van der Waals surface area contributed by atoms with Crippen LogP contribution in [0.4, 0.5) is 5.69 Å². The van der Waals surface area contributed by atoms with E-state index in [4.69, 9.17) is 10.5 Å². The molecule has 0 aliphatic carbocycles. The van der Waals surface area contributed by atoms with Gasteiger partial charge in [-0.15, -0.1) is 0 Å². The molecule has 1 aliphatic rings. The van der Waals surface area contributed by atoms with Gasteiger partial charge >= 0.3 is 0 Å². The summed E-state index contributed by atoms with van der Waals surface area (Å²) in [6.07, 6.45) is 1.33. The molecule has 1 aliphatic heterocycles. The Hall–Kier alpha value is -1.55. The average molecular weight is 262 g/mol. The minimum absolute atomic E-state index is 0.0000279. The van der Waals surface area contributed by atoms with Crippen molar-refractivity contribution in [2.75, 3.05) is 25.1 Å². The van der Waals surface area contributed by atoms with Gasteiger partial charge in [-0.2, -0.15) is 0 Å². The van der Waals surface area contributed by atoms with Crippen LogP contribution in [-0.2, 0) is 10.2 Å². The molecule has 0 spiro atoms. The Labute approximate surface area is 114 Å². The summed E-state index contributed by atoms with van der Waals surface area (Å²) in [4.78, 5) is 13.6. The maximum absolute atomic E-state index is 11.9. The monoisotopic (exact) mass is 262 g/mol. The second kappa shape index (κ2) is 5.21. The maximum atomic E-state index is 11.9. The van der Waals surface area contributed by atoms with Gasteiger partial charge in [-0.25, -0.2) is 0 Å². The first-order valence-electron chi connectivity index (χ1n) is 6.69. The highest BCUT2D eigenvalue weighted by molar-refractivity contribution is 5.95. The molecule has 1 amide bonds. The molecule has 0 aromatic heterocycles. The lowest BCUT2D eigenvalue weighted by Gasteiger charge is -2.27. The molecule has 0 saturated heterocycles. The Morgan fingerprint density at radius 1 is 1.42 bits per heavy atom. The van der Waals surface area contributed by atoms with Gasteiger partial charge in [0, 0.05) is 7.05 Å². The van der Waals surface area contributed by atoms with Gasteiger partial charge < -0.3 is 15.4 Å². The largest absolute Gasteiger partial charge is 0.491 e. The second-order valence-corrected chi connectivity index (χ2v) is 5.66. The molecule has 0 fully saturated rings. The number of anilines is 1. The van der Waals surface area contributed by atoms with Crippen molar-refractivity contribution in [2.45, 2.75) is 32.1 Å². The molecule has 0 unspecified atom stereocenters. The van der Waals surface area contributed by atoms with Gasteiger partial charge in [0.1, 0.15) is 5.75 Å². The molecule has 0 bridgehead atoms. The van der Waals surface area contributed by atoms with E-state index in [0.717, 1.165) is 17.9 Å². The molecule has 1 aromatic carbocycles. The number of fused-ring (bicyclic) bond motifs is 1. The molecule has 1 heterocycles. The fourth-order valence-corrected chi connectivity index (χ4v) is 2.38. The van der Waals surface area contributed by atoms with E-state index < -0.39 is 0 Å². The van der Waals surface area contributed by atoms with E-state index in [1.165, 1.54) is 5.56 Å². The minimum Gasteiger partial charge on any atom is -0.491 e. The molecule has 19 heavy (non-hydrogen) atoms. The fraction of sp³-hybridized carbons (Fsp3) is 0.533. The average Bonchev–Trinajstić information content (AvgIpc) is 2.50. The number of amides is 1. The summed E-state index contributed by atoms with van der Waals surface area (Å²) in [6.45, 7) is 5.43. The summed E-state index contributed by atoms with van der Waals surface area (Å²) >= 11 is 0. The van der Waals surface area contributed by atoms with Gasteiger partial charge in [0.05, 0.1) is 18.7 Å². The number of hydrogen-bond acceptors (Lipinski definition) is 3. The maximum Gasteiger partial charge on any atom is 0.230 e. The Bertz CT molecular complexity index is 483. The van der Waals surface area contributed by atoms with Crippen LogP contribution >= 0.6 is 0 Å². The van der Waals surface area contributed by atoms with Gasteiger partial charge in [-0.05, 0) is 36.1 Å². The molecule has 104 valence electrons. The molecule has 0 atom stereocenters. The van der Waals surface area contributed by atoms with Crippen LogP contribution in [0, 0.1) is 0 Å². The zero-order valence-corrected chi connectivity index (χ0v) is 11.9. The van der Waals surface area contributed by atoms with E-state index in [0.29, 0.717) is 19.6 Å². The van der Waals surface area contributed by atoms with Crippen molar-refractivity contribution < 1.29 is 9.53 Å². The molecule has 1 aromatic rings. The summed E-state index contributed by atoms with van der Waals surface area (Å²) in [7, 11) is 1.80. The Balaban J connectivity index is 2.42. The van der Waals surface area contributed by atoms with E-state index >= 15 is 0 Å². The highest BCUT2D eigenvalue weighted by Crippen LogP contribution is 2.36. The van der Waals surface area contributed by atoms with Crippen LogP contribution in [-0.4, -0.2) is 26.1 Å². The Morgan fingerprint density at radius 2 is 2.16 bits per heavy atom. The Kier molecular flexibility index (Phi) is 3.80. The lowest BCUT2D eigenvalue weighted by atomic mass is 9.81. The van der Waals surface area contributed by atoms with Crippen LogP contribution in [0.5, 0.6) is 5.75 Å². The SMILES string of the molecule is CN1C(=O)CCOc2ccc(C(C)(C)CCN)cc21. The summed E-state index contributed by atoms with van der Waals surface area (Å²) in [5, 5.41) is 0. The topological polar surface area (TPSA) is 55.6 Å². The first-order valence-corrected chi connectivity index (χ1v) is 6.69. The van der Waals surface area contributed by atoms with Gasteiger partial charge in [-0.1, -0.05) is 19.9 Å². The van der Waals surface area contributed by atoms with Gasteiger partial charge in [0.15, 0.2) is 0 Å². The van der Waals surface area contributed by atoms with E-state index in [2.05, 4.69) is 19.9 Å². The molecule has 2 rings (SSSR count). The third kappa shape index (κ3) is 2.73. The van der Waals surface area contributed by atoms with Crippen LogP contribution < -0.4 is 15.4 Å². The first-order chi connectivity index (χ1) is 8.95. The van der Waals surface area contributed by atoms with E-state index in [9.17, 15) is 4.79 Å². The third-order valence-electron chi connectivity index (χ3n) is 3.82. The number of nitrogens with zero attached hydrogens (tertiary/aromatic N) is 1. The second-order valence-electron chi connectivity index (χ2n) is 5.66. The number of benzene rings is 1. The molecular formula is C15H22N2O2. The quantitative estimate of drug-likeness (QED) is 0.907. The standard InChI is InChI=1S/C15H22N2O2/c1-15(2,7-8-16)11-4-5-13-12(10-11)17(3)14(18)6-9-19-13/h4-5,10H,6-9,16H2,1-3H3. The number of rotatable bonds is 3. The van der Waals surface area contributed by atoms with Crippen molar-refractivity contribution in [1.82, 2.24) is 0 Å². The highest BCUT2D eigenvalue weighted by Gasteiger charge is 2.25. The summed E-state index contributed by atoms with van der Waals surface area (Å²) in [5.41, 5.74) is 7.71. The number of ether oxygens (including phenoxy) is 1. The highest BCUT2D eigenvalue weighted by atomic mass is 16.5. The van der Waals surface area contributed by atoms with Crippen LogP contribution in [0.2, 0.25) is 0 Å². The number of hydrogen-bond donors (Lipinski definition) is 1. The molecular weight excluding hydrogens is 240 g/mol. The first kappa shape index (κ1) is 13.9. The number of nitrogens with two attached hydrogens (primary N) is 1. The zero-order chi connectivity index (χ0) is 14.0. The zero-order valence-electron chi connectivity index (χ0n) is 11.9. The lowest BCUT2D eigenvalue weighted by molar-refractivity contribution is -0.118. The normalized spacial score (nSPS) is 15.8. The van der Waals surface area contributed by atoms with Gasteiger partial charge in [0.2, 0.25) is 5.91 Å². The Morgan fingerprint density at radius 3 is 2.84 bits per heavy atom. The summed E-state index contributed by atoms with van der Waals surface area (Å²) in [5.74, 6) is 0.869. The number of carbonyl (C=O) groups is 1. The van der Waals surface area contributed by atoms with Crippen molar-refractivity contribution in [3.63, 3.8) is 0 Å². The molecule has 0 radical (unpaired) electrons. The van der Waals surface area contributed by atoms with Crippen LogP contribution in [0.25, 0.3) is 0 Å². The van der Waals surface area contributed by atoms with Crippen molar-refractivity contribution in [1.29, 1.82) is 0 Å². The lowest BCUT2D eigenvalue weighted by Crippen LogP contribution is -2.26. The van der Waals surface area contributed by atoms with Crippen molar-refractivity contribution in [2.24, 2.45) is 5.73 Å². The molecule has 4 heteroatoms. The van der Waals surface area contributed by atoms with Gasteiger partial charge in [0.25, 0.3) is 0 Å². The van der Waals surface area contributed by atoms with Crippen LogP contribution in [0.15, 0.2) is 18.2 Å².